The van der Waals surface area contributed by atoms with E-state index >= 15 is 0 Å². The molecule has 1 aliphatic heterocycles. The topological polar surface area (TPSA) is 29.5 Å². The first kappa shape index (κ1) is 24.5. The maximum atomic E-state index is 11.6. The highest BCUT2D eigenvalue weighted by molar-refractivity contribution is 8.00. The van der Waals surface area contributed by atoms with Crippen molar-refractivity contribution in [2.75, 3.05) is 12.4 Å². The van der Waals surface area contributed by atoms with Crippen LogP contribution in [0.25, 0.3) is 0 Å². The first-order valence-corrected chi connectivity index (χ1v) is 14.7. The molecule has 2 saturated carbocycles. The third kappa shape index (κ3) is 6.26. The van der Waals surface area contributed by atoms with E-state index in [-0.39, 0.29) is 10.9 Å². The molecule has 1 saturated heterocycles. The molecule has 3 aliphatic rings. The molecule has 0 radical (unpaired) electrons. The van der Waals surface area contributed by atoms with Gasteiger partial charge in [-0.1, -0.05) is 90.2 Å². The van der Waals surface area contributed by atoms with Gasteiger partial charge in [0.1, 0.15) is 11.2 Å². The molecule has 1 unspecified atom stereocenters. The van der Waals surface area contributed by atoms with Crippen LogP contribution >= 0.6 is 11.8 Å². The second-order valence-electron chi connectivity index (χ2n) is 11.4. The molecule has 3 fully saturated rings. The van der Waals surface area contributed by atoms with E-state index in [1.807, 2.05) is 11.8 Å². The minimum atomic E-state index is 0.106. The highest BCUT2D eigenvalue weighted by atomic mass is 32.2. The summed E-state index contributed by atoms with van der Waals surface area (Å²) in [4.78, 5) is 0. The van der Waals surface area contributed by atoms with E-state index in [2.05, 4.69) is 26.0 Å². The number of phenolic OH excluding ortho intramolecular Hbond substituents is 1. The Morgan fingerprint density at radius 2 is 1.28 bits per heavy atom. The van der Waals surface area contributed by atoms with E-state index in [0.717, 1.165) is 18.8 Å². The smallest absolute Gasteiger partial charge is 0.122 e. The number of aromatic hydroxyl groups is 1. The molecule has 1 aromatic rings. The average Bonchev–Trinajstić information content (AvgIpc) is 3.25. The average molecular weight is 459 g/mol. The molecule has 1 aromatic carbocycles. The molecule has 180 valence electrons. The van der Waals surface area contributed by atoms with Crippen molar-refractivity contribution in [3.63, 3.8) is 0 Å². The van der Waals surface area contributed by atoms with Crippen molar-refractivity contribution in [3.05, 3.63) is 28.8 Å². The molecule has 1 N–H and O–H groups in total. The Morgan fingerprint density at radius 3 is 1.72 bits per heavy atom. The summed E-state index contributed by atoms with van der Waals surface area (Å²) in [5, 5.41) is 11.6. The Labute approximate surface area is 201 Å². The van der Waals surface area contributed by atoms with Crippen LogP contribution in [0, 0.1) is 5.41 Å². The zero-order chi connectivity index (χ0) is 22.4. The molecule has 32 heavy (non-hydrogen) atoms. The van der Waals surface area contributed by atoms with Gasteiger partial charge in [-0.15, -0.1) is 11.8 Å². The second-order valence-corrected chi connectivity index (χ2v) is 12.6. The second kappa shape index (κ2) is 11.6. The van der Waals surface area contributed by atoms with E-state index < -0.39 is 0 Å². The summed E-state index contributed by atoms with van der Waals surface area (Å²) >= 11 is 1.97. The molecule has 2 aliphatic carbocycles. The van der Waals surface area contributed by atoms with Crippen molar-refractivity contribution in [3.8, 4) is 5.75 Å². The molecule has 0 spiro atoms. The van der Waals surface area contributed by atoms with E-state index in [9.17, 15) is 5.11 Å². The van der Waals surface area contributed by atoms with Gasteiger partial charge in [-0.05, 0) is 60.6 Å². The van der Waals surface area contributed by atoms with Crippen LogP contribution in [-0.2, 0) is 11.2 Å². The third-order valence-corrected chi connectivity index (χ3v) is 9.72. The normalized spacial score (nSPS) is 25.1. The summed E-state index contributed by atoms with van der Waals surface area (Å²) in [6, 6.07) is 4.80. The monoisotopic (exact) mass is 458 g/mol. The molecule has 4 rings (SSSR count). The van der Waals surface area contributed by atoms with Crippen LogP contribution in [0.2, 0.25) is 0 Å². The van der Waals surface area contributed by atoms with Gasteiger partial charge in [-0.2, -0.15) is 0 Å². The highest BCUT2D eigenvalue weighted by Gasteiger charge is 2.35. The Hall–Kier alpha value is -0.670. The van der Waals surface area contributed by atoms with Crippen molar-refractivity contribution in [1.82, 2.24) is 0 Å². The minimum absolute atomic E-state index is 0.106. The number of phenols is 1. The molecule has 0 aromatic heterocycles. The predicted molar refractivity (Wildman–Crippen MR) is 138 cm³/mol. The Balaban J connectivity index is 1.66. The highest BCUT2D eigenvalue weighted by Crippen LogP contribution is 2.45. The molecule has 3 heteroatoms. The van der Waals surface area contributed by atoms with E-state index in [1.165, 1.54) is 107 Å². The van der Waals surface area contributed by atoms with Crippen molar-refractivity contribution >= 4 is 11.8 Å². The fourth-order valence-electron chi connectivity index (χ4n) is 6.42. The van der Waals surface area contributed by atoms with Gasteiger partial charge in [0.05, 0.1) is 6.61 Å². The minimum Gasteiger partial charge on any atom is -0.507 e. The fraction of sp³-hybridized carbons (Fsp3) is 0.793. The number of rotatable bonds is 5. The quantitative estimate of drug-likeness (QED) is 0.478. The lowest BCUT2D eigenvalue weighted by molar-refractivity contribution is 0.0580. The molecule has 2 nitrogen and oxygen atoms in total. The van der Waals surface area contributed by atoms with Gasteiger partial charge in [0.25, 0.3) is 0 Å². The van der Waals surface area contributed by atoms with Crippen LogP contribution < -0.4 is 0 Å². The van der Waals surface area contributed by atoms with Crippen LogP contribution in [0.15, 0.2) is 12.1 Å². The van der Waals surface area contributed by atoms with Crippen molar-refractivity contribution < 1.29 is 9.84 Å². The summed E-state index contributed by atoms with van der Waals surface area (Å²) in [6.07, 6.45) is 19.4. The maximum Gasteiger partial charge on any atom is 0.122 e. The van der Waals surface area contributed by atoms with Gasteiger partial charge in [-0.3, -0.25) is 0 Å². The first-order valence-electron chi connectivity index (χ1n) is 13.6. The number of ether oxygens (including phenoxy) is 1. The molecular formula is C29H46O2S. The summed E-state index contributed by atoms with van der Waals surface area (Å²) in [7, 11) is 0. The number of hydrogen-bond donors (Lipinski definition) is 1. The largest absolute Gasteiger partial charge is 0.507 e. The van der Waals surface area contributed by atoms with Crippen LogP contribution in [0.4, 0.5) is 0 Å². The van der Waals surface area contributed by atoms with Crippen molar-refractivity contribution in [2.24, 2.45) is 5.41 Å². The summed E-state index contributed by atoms with van der Waals surface area (Å²) < 4.78 is 6.08. The van der Waals surface area contributed by atoms with Crippen LogP contribution in [0.5, 0.6) is 5.75 Å². The van der Waals surface area contributed by atoms with Crippen LogP contribution in [-0.4, -0.2) is 22.9 Å². The first-order chi connectivity index (χ1) is 15.5. The molecule has 0 bridgehead atoms. The lowest BCUT2D eigenvalue weighted by Gasteiger charge is -2.32. The molecule has 1 heterocycles. The van der Waals surface area contributed by atoms with E-state index in [0.29, 0.717) is 17.6 Å². The lowest BCUT2D eigenvalue weighted by Crippen LogP contribution is -2.29. The maximum absolute atomic E-state index is 11.6. The van der Waals surface area contributed by atoms with Gasteiger partial charge < -0.3 is 9.84 Å². The van der Waals surface area contributed by atoms with Crippen molar-refractivity contribution in [1.29, 1.82) is 0 Å². The Morgan fingerprint density at radius 1 is 0.812 bits per heavy atom. The van der Waals surface area contributed by atoms with Crippen molar-refractivity contribution in [2.45, 2.75) is 127 Å². The molecule has 1 atom stereocenters. The summed E-state index contributed by atoms with van der Waals surface area (Å²) in [5.41, 5.74) is 4.37. The standard InChI is InChI=1S/C29H46O2S/c1-29(2,28-31-17-18-32-28)21-22-19-25(23-13-9-5-3-6-10-14-23)27(30)26(20-22)24-15-11-7-4-8-12-16-24/h19-20,23-24,28,30H,3-18,21H2,1-2H3. The third-order valence-electron chi connectivity index (χ3n) is 8.24. The molecule has 0 amide bonds. The van der Waals surface area contributed by atoms with Gasteiger partial charge in [-0.25, -0.2) is 0 Å². The zero-order valence-corrected chi connectivity index (χ0v) is 21.5. The lowest BCUT2D eigenvalue weighted by atomic mass is 9.78. The zero-order valence-electron chi connectivity index (χ0n) is 20.7. The number of hydrogen-bond acceptors (Lipinski definition) is 3. The Kier molecular flexibility index (Phi) is 8.90. The number of thioether (sulfide) groups is 1. The van der Waals surface area contributed by atoms with Gasteiger partial charge in [0, 0.05) is 11.2 Å². The fourth-order valence-corrected chi connectivity index (χ4v) is 7.56. The SMILES string of the molecule is CC(C)(Cc1cc(C2CCCCCCC2)c(O)c(C2CCCCCCC2)c1)C1OCCS1. The van der Waals surface area contributed by atoms with Gasteiger partial charge >= 0.3 is 0 Å². The number of benzene rings is 1. The van der Waals surface area contributed by atoms with Gasteiger partial charge in [0.15, 0.2) is 0 Å². The van der Waals surface area contributed by atoms with E-state index in [4.69, 9.17) is 4.74 Å². The van der Waals surface area contributed by atoms with Crippen LogP contribution in [0.1, 0.15) is 132 Å². The summed E-state index contributed by atoms with van der Waals surface area (Å²) in [5.74, 6) is 2.84. The van der Waals surface area contributed by atoms with Crippen LogP contribution in [0.3, 0.4) is 0 Å². The predicted octanol–water partition coefficient (Wildman–Crippen LogP) is 8.71. The summed E-state index contributed by atoms with van der Waals surface area (Å²) in [6.45, 7) is 5.62. The van der Waals surface area contributed by atoms with Gasteiger partial charge in [0.2, 0.25) is 0 Å². The van der Waals surface area contributed by atoms with E-state index in [1.54, 1.807) is 0 Å². The molecular weight excluding hydrogens is 412 g/mol. The Bertz CT molecular complexity index is 663.